The molecule has 3 aromatic rings. The lowest BCUT2D eigenvalue weighted by Gasteiger charge is -2.26. The number of amides is 1. The third-order valence-electron chi connectivity index (χ3n) is 5.19. The first kappa shape index (κ1) is 23.3. The fraction of sp³-hybridized carbons (Fsp3) is 0.0833. The summed E-state index contributed by atoms with van der Waals surface area (Å²) < 4.78 is 20.6. The molecule has 168 valence electrons. The molecule has 0 radical (unpaired) electrons. The van der Waals surface area contributed by atoms with Gasteiger partial charge in [0.2, 0.25) is 0 Å². The number of ketones is 1. The zero-order valence-corrected chi connectivity index (χ0v) is 20.1. The minimum absolute atomic E-state index is 0.0296. The number of benzene rings is 3. The van der Waals surface area contributed by atoms with E-state index in [2.05, 4.69) is 15.9 Å². The number of nitrogens with zero attached hydrogens (tertiary/aromatic N) is 1. The van der Waals surface area contributed by atoms with E-state index in [1.54, 1.807) is 12.1 Å². The summed E-state index contributed by atoms with van der Waals surface area (Å²) in [4.78, 5) is 27.4. The molecule has 5 nitrogen and oxygen atoms in total. The number of Topliss-reactive ketones (excluding diaryl/α,β-unsaturated/α-hetero) is 1. The van der Waals surface area contributed by atoms with Crippen LogP contribution in [0.4, 0.5) is 10.1 Å². The second-order valence-corrected chi connectivity index (χ2v) is 8.89. The molecule has 9 heteroatoms. The van der Waals surface area contributed by atoms with E-state index in [1.165, 1.54) is 55.6 Å². The molecule has 1 amide bonds. The Hall–Kier alpha value is -2.87. The van der Waals surface area contributed by atoms with Gasteiger partial charge in [0.25, 0.3) is 11.7 Å². The maximum Gasteiger partial charge on any atom is 0.300 e. The summed E-state index contributed by atoms with van der Waals surface area (Å²) in [6, 6.07) is 13.5. The molecule has 1 unspecified atom stereocenters. The molecule has 33 heavy (non-hydrogen) atoms. The lowest BCUT2D eigenvalue weighted by Crippen LogP contribution is -2.29. The van der Waals surface area contributed by atoms with Gasteiger partial charge in [-0.25, -0.2) is 4.39 Å². The Morgan fingerprint density at radius 3 is 2.33 bits per heavy atom. The Morgan fingerprint density at radius 2 is 1.73 bits per heavy atom. The van der Waals surface area contributed by atoms with Crippen LogP contribution in [-0.2, 0) is 9.59 Å². The number of anilines is 1. The van der Waals surface area contributed by atoms with Crippen LogP contribution in [0.3, 0.4) is 0 Å². The zero-order chi connectivity index (χ0) is 23.9. The van der Waals surface area contributed by atoms with Gasteiger partial charge in [-0.05, 0) is 58.4 Å². The molecule has 1 aliphatic heterocycles. The quantitative estimate of drug-likeness (QED) is 0.228. The zero-order valence-electron chi connectivity index (χ0n) is 17.0. The fourth-order valence-corrected chi connectivity index (χ4v) is 4.79. The largest absolute Gasteiger partial charge is 0.507 e. The Balaban J connectivity index is 1.98. The molecule has 0 saturated carbocycles. The van der Waals surface area contributed by atoms with Crippen LogP contribution in [0.1, 0.15) is 17.2 Å². The highest BCUT2D eigenvalue weighted by Gasteiger charge is 2.48. The smallest absolute Gasteiger partial charge is 0.300 e. The predicted molar refractivity (Wildman–Crippen MR) is 128 cm³/mol. The SMILES string of the molecule is COc1ccc(/C(O)=C2\C(=O)C(=O)N(c3cc(Cl)cc(Cl)c3)C2c2ccccc2F)cc1Br. The molecule has 4 rings (SSSR count). The molecule has 0 aliphatic carbocycles. The van der Waals surface area contributed by atoms with Crippen LogP contribution in [0.5, 0.6) is 5.75 Å². The summed E-state index contributed by atoms with van der Waals surface area (Å²) in [6.45, 7) is 0. The maximum absolute atomic E-state index is 14.9. The van der Waals surface area contributed by atoms with Crippen LogP contribution in [0, 0.1) is 5.82 Å². The number of aliphatic hydroxyl groups excluding tert-OH is 1. The Kier molecular flexibility index (Phi) is 6.47. The first-order chi connectivity index (χ1) is 15.7. The van der Waals surface area contributed by atoms with Crippen molar-refractivity contribution in [2.75, 3.05) is 12.0 Å². The molecular weight excluding hydrogens is 536 g/mol. The molecule has 3 aromatic carbocycles. The highest BCUT2D eigenvalue weighted by atomic mass is 79.9. The summed E-state index contributed by atoms with van der Waals surface area (Å²) in [7, 11) is 1.49. The van der Waals surface area contributed by atoms with Crippen LogP contribution in [0.25, 0.3) is 5.76 Å². The number of rotatable bonds is 4. The number of ether oxygens (including phenoxy) is 1. The van der Waals surface area contributed by atoms with Gasteiger partial charge in [0.15, 0.2) is 0 Å². The lowest BCUT2D eigenvalue weighted by molar-refractivity contribution is -0.132. The van der Waals surface area contributed by atoms with Crippen molar-refractivity contribution in [3.63, 3.8) is 0 Å². The van der Waals surface area contributed by atoms with Crippen LogP contribution in [-0.4, -0.2) is 23.9 Å². The number of carbonyl (C=O) groups is 2. The highest BCUT2D eigenvalue weighted by molar-refractivity contribution is 9.10. The van der Waals surface area contributed by atoms with Gasteiger partial charge in [-0.3, -0.25) is 14.5 Å². The van der Waals surface area contributed by atoms with Crippen LogP contribution >= 0.6 is 39.1 Å². The van der Waals surface area contributed by atoms with E-state index in [-0.39, 0.29) is 32.4 Å². The Morgan fingerprint density at radius 1 is 1.06 bits per heavy atom. The third-order valence-corrected chi connectivity index (χ3v) is 6.25. The number of halogens is 4. The number of hydrogen-bond acceptors (Lipinski definition) is 4. The molecule has 0 bridgehead atoms. The average Bonchev–Trinajstić information content (AvgIpc) is 3.03. The van der Waals surface area contributed by atoms with Crippen LogP contribution in [0.2, 0.25) is 10.0 Å². The highest BCUT2D eigenvalue weighted by Crippen LogP contribution is 2.44. The number of hydrogen-bond donors (Lipinski definition) is 1. The molecule has 1 N–H and O–H groups in total. The molecule has 1 atom stereocenters. The molecule has 1 fully saturated rings. The summed E-state index contributed by atoms with van der Waals surface area (Å²) in [5.74, 6) is -2.52. The summed E-state index contributed by atoms with van der Waals surface area (Å²) >= 11 is 15.6. The van der Waals surface area contributed by atoms with E-state index in [4.69, 9.17) is 27.9 Å². The van der Waals surface area contributed by atoms with Crippen molar-refractivity contribution >= 4 is 62.3 Å². The van der Waals surface area contributed by atoms with E-state index in [9.17, 15) is 19.1 Å². The number of aliphatic hydroxyl groups is 1. The standard InChI is InChI=1S/C24H15BrCl2FNO4/c1-33-19-7-6-12(8-17(19)25)22(30)20-21(16-4-2-3-5-18(16)28)29(24(32)23(20)31)15-10-13(26)9-14(27)11-15/h2-11,21,30H,1H3/b22-20+. The monoisotopic (exact) mass is 549 g/mol. The molecule has 1 aliphatic rings. The van der Waals surface area contributed by atoms with Crippen molar-refractivity contribution in [3.05, 3.63) is 97.7 Å². The molecule has 1 saturated heterocycles. The van der Waals surface area contributed by atoms with Gasteiger partial charge in [0.1, 0.15) is 17.3 Å². The van der Waals surface area contributed by atoms with Gasteiger partial charge in [-0.2, -0.15) is 0 Å². The van der Waals surface area contributed by atoms with E-state index in [0.29, 0.717) is 10.2 Å². The van der Waals surface area contributed by atoms with E-state index in [0.717, 1.165) is 4.90 Å². The molecule has 0 aromatic heterocycles. The summed E-state index contributed by atoms with van der Waals surface area (Å²) in [5.41, 5.74) is 0.198. The maximum atomic E-state index is 14.9. The van der Waals surface area contributed by atoms with Crippen molar-refractivity contribution in [1.29, 1.82) is 0 Å². The van der Waals surface area contributed by atoms with Crippen molar-refractivity contribution in [2.45, 2.75) is 6.04 Å². The average molecular weight is 551 g/mol. The lowest BCUT2D eigenvalue weighted by atomic mass is 9.94. The first-order valence-electron chi connectivity index (χ1n) is 9.58. The second kappa shape index (κ2) is 9.17. The van der Waals surface area contributed by atoms with Crippen molar-refractivity contribution in [3.8, 4) is 5.75 Å². The third kappa shape index (κ3) is 4.24. The normalized spacial score (nSPS) is 17.5. The van der Waals surface area contributed by atoms with Gasteiger partial charge in [-0.1, -0.05) is 41.4 Å². The minimum atomic E-state index is -1.25. The second-order valence-electron chi connectivity index (χ2n) is 7.17. The number of carbonyl (C=O) groups excluding carboxylic acids is 2. The van der Waals surface area contributed by atoms with E-state index < -0.39 is 29.3 Å². The van der Waals surface area contributed by atoms with Gasteiger partial charge in [-0.15, -0.1) is 0 Å². The van der Waals surface area contributed by atoms with Crippen molar-refractivity contribution in [2.24, 2.45) is 0 Å². The summed E-state index contributed by atoms with van der Waals surface area (Å²) in [6.07, 6.45) is 0. The minimum Gasteiger partial charge on any atom is -0.507 e. The molecule has 1 heterocycles. The fourth-order valence-electron chi connectivity index (χ4n) is 3.74. The van der Waals surface area contributed by atoms with E-state index >= 15 is 0 Å². The topological polar surface area (TPSA) is 66.8 Å². The van der Waals surface area contributed by atoms with Crippen LogP contribution in [0.15, 0.2) is 70.7 Å². The van der Waals surface area contributed by atoms with Crippen LogP contribution < -0.4 is 9.64 Å². The van der Waals surface area contributed by atoms with Gasteiger partial charge < -0.3 is 9.84 Å². The summed E-state index contributed by atoms with van der Waals surface area (Å²) in [5, 5.41) is 11.6. The van der Waals surface area contributed by atoms with Gasteiger partial charge >= 0.3 is 0 Å². The van der Waals surface area contributed by atoms with Gasteiger partial charge in [0.05, 0.1) is 23.2 Å². The van der Waals surface area contributed by atoms with Crippen molar-refractivity contribution < 1.29 is 23.8 Å². The Labute approximate surface area is 207 Å². The Bertz CT molecular complexity index is 1310. The first-order valence-corrected chi connectivity index (χ1v) is 11.1. The number of methoxy groups -OCH3 is 1. The predicted octanol–water partition coefficient (Wildman–Crippen LogP) is 6.53. The van der Waals surface area contributed by atoms with E-state index in [1.807, 2.05) is 0 Å². The van der Waals surface area contributed by atoms with Crippen molar-refractivity contribution in [1.82, 2.24) is 0 Å². The molecule has 0 spiro atoms. The van der Waals surface area contributed by atoms with Gasteiger partial charge in [0, 0.05) is 26.9 Å². The molecular formula is C24H15BrCl2FNO4.